The highest BCUT2D eigenvalue weighted by molar-refractivity contribution is 5.75. The van der Waals surface area contributed by atoms with Gasteiger partial charge in [-0.2, -0.15) is 4.80 Å². The molecule has 4 rings (SSSR count). The number of hydrogen-bond donors (Lipinski definition) is 1. The van der Waals surface area contributed by atoms with Crippen LogP contribution >= 0.6 is 0 Å². The molecule has 0 radical (unpaired) electrons. The third kappa shape index (κ3) is 3.81. The number of nitrogens with zero attached hydrogens (tertiary/aromatic N) is 4. The molecule has 1 N–H and O–H groups in total. The molecule has 0 fully saturated rings. The summed E-state index contributed by atoms with van der Waals surface area (Å²) in [5, 5.41) is 15.0. The minimum atomic E-state index is -0.216. The number of carbonyl (C=O) groups is 1. The normalized spacial score (nSPS) is 12.0. The van der Waals surface area contributed by atoms with Gasteiger partial charge in [0.2, 0.25) is 18.5 Å². The first-order valence-corrected chi connectivity index (χ1v) is 8.29. The van der Waals surface area contributed by atoms with E-state index in [9.17, 15) is 4.79 Å². The Morgan fingerprint density at radius 1 is 1.19 bits per heavy atom. The molecule has 0 aliphatic carbocycles. The van der Waals surface area contributed by atoms with Crippen LogP contribution in [0.15, 0.2) is 42.5 Å². The lowest BCUT2D eigenvalue weighted by molar-refractivity contribution is -0.122. The molecule has 3 aromatic rings. The number of ether oxygens (including phenoxy) is 3. The van der Waals surface area contributed by atoms with Gasteiger partial charge in [0.25, 0.3) is 0 Å². The van der Waals surface area contributed by atoms with Crippen molar-refractivity contribution in [1.29, 1.82) is 0 Å². The number of rotatable bonds is 6. The van der Waals surface area contributed by atoms with E-state index in [4.69, 9.17) is 14.2 Å². The third-order valence-corrected chi connectivity index (χ3v) is 4.01. The Kier molecular flexibility index (Phi) is 4.56. The van der Waals surface area contributed by atoms with Gasteiger partial charge in [-0.15, -0.1) is 10.2 Å². The van der Waals surface area contributed by atoms with Crippen molar-refractivity contribution in [2.75, 3.05) is 13.9 Å². The summed E-state index contributed by atoms with van der Waals surface area (Å²) in [6.45, 7) is 0.572. The highest BCUT2D eigenvalue weighted by Gasteiger charge is 2.14. The molecule has 1 aliphatic heterocycles. The van der Waals surface area contributed by atoms with Crippen LogP contribution in [0.4, 0.5) is 0 Å². The summed E-state index contributed by atoms with van der Waals surface area (Å²) < 4.78 is 15.7. The maximum atomic E-state index is 12.1. The molecule has 2 heterocycles. The first kappa shape index (κ1) is 16.8. The molecule has 1 aliphatic rings. The van der Waals surface area contributed by atoms with Crippen molar-refractivity contribution in [3.63, 3.8) is 0 Å². The number of fused-ring (bicyclic) bond motifs is 1. The minimum Gasteiger partial charge on any atom is -0.497 e. The lowest BCUT2D eigenvalue weighted by Gasteiger charge is -2.05. The predicted molar refractivity (Wildman–Crippen MR) is 94.2 cm³/mol. The molecule has 0 spiro atoms. The minimum absolute atomic E-state index is 0.0201. The number of benzene rings is 2. The Hall–Kier alpha value is -3.62. The van der Waals surface area contributed by atoms with E-state index in [1.54, 1.807) is 7.11 Å². The van der Waals surface area contributed by atoms with Gasteiger partial charge in [-0.05, 0) is 47.2 Å². The monoisotopic (exact) mass is 367 g/mol. The van der Waals surface area contributed by atoms with Crippen molar-refractivity contribution in [3.05, 3.63) is 48.0 Å². The fourth-order valence-electron chi connectivity index (χ4n) is 2.60. The number of hydrogen-bond acceptors (Lipinski definition) is 7. The molecule has 1 amide bonds. The Morgan fingerprint density at radius 3 is 2.81 bits per heavy atom. The van der Waals surface area contributed by atoms with Crippen molar-refractivity contribution >= 4 is 5.91 Å². The molecular formula is C18H17N5O4. The zero-order valence-electron chi connectivity index (χ0n) is 14.6. The van der Waals surface area contributed by atoms with E-state index in [2.05, 4.69) is 20.7 Å². The maximum absolute atomic E-state index is 12.1. The number of amides is 1. The smallest absolute Gasteiger partial charge is 0.243 e. The Morgan fingerprint density at radius 2 is 2.00 bits per heavy atom. The SMILES string of the molecule is COc1ccc(-c2nnn(CC(=O)NCc3ccc4c(c3)OCO4)n2)cc1. The molecule has 0 atom stereocenters. The molecule has 0 unspecified atom stereocenters. The van der Waals surface area contributed by atoms with Gasteiger partial charge in [0.1, 0.15) is 12.3 Å². The predicted octanol–water partition coefficient (Wildman–Crippen LogP) is 1.39. The standard InChI is InChI=1S/C18H17N5O4/c1-25-14-5-3-13(4-6-14)18-20-22-23(21-18)10-17(24)19-9-12-2-7-15-16(8-12)27-11-26-15/h2-8H,9-11H2,1H3,(H,19,24). The molecular weight excluding hydrogens is 350 g/mol. The quantitative estimate of drug-likeness (QED) is 0.703. The van der Waals surface area contributed by atoms with Gasteiger partial charge in [-0.25, -0.2) is 0 Å². The van der Waals surface area contributed by atoms with E-state index >= 15 is 0 Å². The maximum Gasteiger partial charge on any atom is 0.243 e. The Labute approximate surface area is 154 Å². The van der Waals surface area contributed by atoms with Crippen molar-refractivity contribution in [2.24, 2.45) is 0 Å². The summed E-state index contributed by atoms with van der Waals surface area (Å²) >= 11 is 0. The van der Waals surface area contributed by atoms with Gasteiger partial charge in [0, 0.05) is 12.1 Å². The summed E-state index contributed by atoms with van der Waals surface area (Å²) in [6.07, 6.45) is 0. The van der Waals surface area contributed by atoms with E-state index < -0.39 is 0 Å². The van der Waals surface area contributed by atoms with E-state index in [-0.39, 0.29) is 19.2 Å². The fourth-order valence-corrected chi connectivity index (χ4v) is 2.60. The molecule has 138 valence electrons. The summed E-state index contributed by atoms with van der Waals surface area (Å²) in [4.78, 5) is 13.4. The summed E-state index contributed by atoms with van der Waals surface area (Å²) in [7, 11) is 1.60. The Bertz CT molecular complexity index is 955. The molecule has 0 saturated carbocycles. The molecule has 2 aromatic carbocycles. The highest BCUT2D eigenvalue weighted by atomic mass is 16.7. The van der Waals surface area contributed by atoms with Gasteiger partial charge in [-0.3, -0.25) is 4.79 Å². The number of nitrogens with one attached hydrogen (secondary N) is 1. The first-order chi connectivity index (χ1) is 13.2. The van der Waals surface area contributed by atoms with Crippen molar-refractivity contribution in [2.45, 2.75) is 13.1 Å². The summed E-state index contributed by atoms with van der Waals surface area (Å²) in [5.74, 6) is 2.37. The number of carbonyl (C=O) groups excluding carboxylic acids is 1. The second-order valence-electron chi connectivity index (χ2n) is 5.84. The lowest BCUT2D eigenvalue weighted by Crippen LogP contribution is -2.28. The van der Waals surface area contributed by atoms with Gasteiger partial charge in [0.15, 0.2) is 11.5 Å². The van der Waals surface area contributed by atoms with Crippen molar-refractivity contribution in [3.8, 4) is 28.6 Å². The van der Waals surface area contributed by atoms with Crippen LogP contribution in [0.5, 0.6) is 17.2 Å². The highest BCUT2D eigenvalue weighted by Crippen LogP contribution is 2.32. The number of methoxy groups -OCH3 is 1. The van der Waals surface area contributed by atoms with E-state index in [0.29, 0.717) is 23.9 Å². The largest absolute Gasteiger partial charge is 0.497 e. The van der Waals surface area contributed by atoms with Crippen LogP contribution in [0, 0.1) is 0 Å². The zero-order valence-corrected chi connectivity index (χ0v) is 14.6. The number of tetrazole rings is 1. The molecule has 27 heavy (non-hydrogen) atoms. The van der Waals surface area contributed by atoms with Crippen LogP contribution < -0.4 is 19.5 Å². The molecule has 0 bridgehead atoms. The molecule has 1 aromatic heterocycles. The second kappa shape index (κ2) is 7.32. The van der Waals surface area contributed by atoms with Crippen LogP contribution in [0.3, 0.4) is 0 Å². The summed E-state index contributed by atoms with van der Waals surface area (Å²) in [6, 6.07) is 12.8. The summed E-state index contributed by atoms with van der Waals surface area (Å²) in [5.41, 5.74) is 1.71. The van der Waals surface area contributed by atoms with E-state index in [0.717, 1.165) is 16.9 Å². The van der Waals surface area contributed by atoms with Gasteiger partial charge in [-0.1, -0.05) is 6.07 Å². The second-order valence-corrected chi connectivity index (χ2v) is 5.84. The van der Waals surface area contributed by atoms with Crippen LogP contribution in [0.1, 0.15) is 5.56 Å². The molecule has 0 saturated heterocycles. The van der Waals surface area contributed by atoms with Crippen molar-refractivity contribution in [1.82, 2.24) is 25.5 Å². The van der Waals surface area contributed by atoms with Crippen LogP contribution in [-0.2, 0) is 17.9 Å². The fraction of sp³-hybridized carbons (Fsp3) is 0.222. The van der Waals surface area contributed by atoms with Crippen molar-refractivity contribution < 1.29 is 19.0 Å². The van der Waals surface area contributed by atoms with Crippen LogP contribution in [0.25, 0.3) is 11.4 Å². The van der Waals surface area contributed by atoms with Gasteiger partial charge >= 0.3 is 0 Å². The van der Waals surface area contributed by atoms with E-state index in [1.165, 1.54) is 4.80 Å². The molecule has 9 heteroatoms. The van der Waals surface area contributed by atoms with Gasteiger partial charge in [0.05, 0.1) is 7.11 Å². The first-order valence-electron chi connectivity index (χ1n) is 8.29. The lowest BCUT2D eigenvalue weighted by atomic mass is 10.2. The Balaban J connectivity index is 1.33. The molecule has 9 nitrogen and oxygen atoms in total. The average Bonchev–Trinajstić information content (AvgIpc) is 3.35. The zero-order chi connectivity index (χ0) is 18.6. The van der Waals surface area contributed by atoms with Crippen LogP contribution in [0.2, 0.25) is 0 Å². The topological polar surface area (TPSA) is 100 Å². The van der Waals surface area contributed by atoms with Crippen LogP contribution in [-0.4, -0.2) is 40.0 Å². The van der Waals surface area contributed by atoms with Gasteiger partial charge < -0.3 is 19.5 Å². The average molecular weight is 367 g/mol. The number of aromatic nitrogens is 4. The van der Waals surface area contributed by atoms with E-state index in [1.807, 2.05) is 42.5 Å². The third-order valence-electron chi connectivity index (χ3n) is 4.01.